The van der Waals surface area contributed by atoms with Crippen molar-refractivity contribution in [1.82, 2.24) is 4.57 Å². The normalized spacial score (nSPS) is 12.7. The predicted octanol–water partition coefficient (Wildman–Crippen LogP) is 18.2. The van der Waals surface area contributed by atoms with Gasteiger partial charge in [-0.2, -0.15) is 0 Å². The van der Waals surface area contributed by atoms with E-state index in [1.165, 1.54) is 99.0 Å². The van der Waals surface area contributed by atoms with Crippen molar-refractivity contribution >= 4 is 49.0 Å². The molecular weight excluding hydrogens is 845 g/mol. The molecule has 2 nitrogen and oxygen atoms in total. The first-order valence-corrected chi connectivity index (χ1v) is 24.7. The summed E-state index contributed by atoms with van der Waals surface area (Å²) in [6.07, 6.45) is 8.23. The number of aromatic nitrogens is 1. The molecule has 11 aromatic rings. The van der Waals surface area contributed by atoms with E-state index in [2.05, 4.69) is 245 Å². The maximum Gasteiger partial charge on any atom is 0.0588 e. The Morgan fingerprint density at radius 1 is 0.514 bits per heavy atom. The van der Waals surface area contributed by atoms with Crippen LogP contribution in [-0.4, -0.2) is 4.57 Å². The second-order valence-electron chi connectivity index (χ2n) is 18.9. The Morgan fingerprint density at radius 3 is 1.71 bits per heavy atom. The third kappa shape index (κ3) is 8.63. The van der Waals surface area contributed by atoms with Crippen molar-refractivity contribution < 1.29 is 0 Å². The zero-order valence-corrected chi connectivity index (χ0v) is 41.0. The van der Waals surface area contributed by atoms with Crippen molar-refractivity contribution in [2.24, 2.45) is 5.73 Å². The van der Waals surface area contributed by atoms with Crippen molar-refractivity contribution in [3.63, 3.8) is 0 Å². The molecule has 0 fully saturated rings. The van der Waals surface area contributed by atoms with E-state index in [4.69, 9.17) is 5.73 Å². The minimum absolute atomic E-state index is 0.239. The summed E-state index contributed by atoms with van der Waals surface area (Å²) >= 11 is 0. The van der Waals surface area contributed by atoms with Crippen molar-refractivity contribution in [3.05, 3.63) is 264 Å². The predicted molar refractivity (Wildman–Crippen MR) is 303 cm³/mol. The number of nitrogens with two attached hydrogens (primary N) is 1. The molecule has 1 aliphatic carbocycles. The summed E-state index contributed by atoms with van der Waals surface area (Å²) in [4.78, 5) is 0. The highest BCUT2D eigenvalue weighted by Gasteiger charge is 2.41. The molecule has 0 atom stereocenters. The van der Waals surface area contributed by atoms with Gasteiger partial charge in [0, 0.05) is 27.6 Å². The molecule has 70 heavy (non-hydrogen) atoms. The topological polar surface area (TPSA) is 30.9 Å². The Kier molecular flexibility index (Phi) is 12.9. The molecule has 0 saturated carbocycles. The molecule has 2 N–H and O–H groups in total. The van der Waals surface area contributed by atoms with Gasteiger partial charge in [-0.1, -0.05) is 245 Å². The van der Waals surface area contributed by atoms with E-state index < -0.39 is 0 Å². The summed E-state index contributed by atoms with van der Waals surface area (Å²) in [6, 6.07) is 78.8. The molecule has 12 rings (SSSR count). The Labute approximate surface area is 413 Å². The molecule has 0 amide bonds. The average molecular weight is 905 g/mol. The zero-order chi connectivity index (χ0) is 48.2. The lowest BCUT2D eigenvalue weighted by molar-refractivity contribution is 0.670. The first-order chi connectivity index (χ1) is 34.3. The molecule has 1 aliphatic rings. The van der Waals surface area contributed by atoms with Gasteiger partial charge >= 0.3 is 0 Å². The molecule has 1 heterocycles. The van der Waals surface area contributed by atoms with Gasteiger partial charge in [0.1, 0.15) is 0 Å². The number of hydrogen-bond donors (Lipinski definition) is 1. The Balaban J connectivity index is 0.000000419. The minimum Gasteiger partial charge on any atom is -0.398 e. The third-order valence-electron chi connectivity index (χ3n) is 14.0. The number of allylic oxidation sites excluding steroid dienone is 3. The van der Waals surface area contributed by atoms with Crippen LogP contribution in [0.5, 0.6) is 0 Å². The number of hydrogen-bond acceptors (Lipinski definition) is 1. The summed E-state index contributed by atoms with van der Waals surface area (Å²) in [5.74, 6) is 0. The van der Waals surface area contributed by atoms with E-state index in [-0.39, 0.29) is 5.41 Å². The van der Waals surface area contributed by atoms with E-state index in [9.17, 15) is 0 Å². The minimum atomic E-state index is -0.239. The van der Waals surface area contributed by atoms with E-state index in [1.54, 1.807) is 0 Å². The standard InChI is InChI=1S/C56H42N2.C7H8.C5H10/c1-56(2)53-47-21-9-7-18-44(47)43-17-6-8-20-46(43)52(53)49-33-32-48-45-19-10-11-22-51(45)58(55(48)54(49)56)42-16-12-15-41(35-42)39-26-23-36(24-27-39)25-34-50(57)40-30-28-38(29-31-40)37-13-4-3-5-14-37;1-7-5-3-2-4-6-7;1-3-5-4-2/h3-24,26-35H,25,57H2,1-2H3;2-6H,1H3;3,5H,4H2,1-2H3/b50-34-;;5-3-. The van der Waals surface area contributed by atoms with E-state index in [0.29, 0.717) is 0 Å². The van der Waals surface area contributed by atoms with Gasteiger partial charge in [-0.3, -0.25) is 0 Å². The van der Waals surface area contributed by atoms with E-state index in [1.807, 2.05) is 31.2 Å². The molecule has 0 unspecified atom stereocenters. The lowest BCUT2D eigenvalue weighted by Gasteiger charge is -2.25. The zero-order valence-electron chi connectivity index (χ0n) is 41.0. The van der Waals surface area contributed by atoms with Crippen LogP contribution in [0.3, 0.4) is 0 Å². The number of rotatable bonds is 7. The van der Waals surface area contributed by atoms with Crippen molar-refractivity contribution in [3.8, 4) is 39.1 Å². The maximum atomic E-state index is 6.58. The molecule has 0 spiro atoms. The average Bonchev–Trinajstić information content (AvgIpc) is 3.87. The summed E-state index contributed by atoms with van der Waals surface area (Å²) < 4.78 is 2.53. The van der Waals surface area contributed by atoms with Crippen molar-refractivity contribution in [2.45, 2.75) is 52.9 Å². The number of para-hydroxylation sites is 1. The third-order valence-corrected chi connectivity index (χ3v) is 14.0. The number of nitrogens with zero attached hydrogens (tertiary/aromatic N) is 1. The fourth-order valence-corrected chi connectivity index (χ4v) is 10.6. The molecule has 1 aromatic heterocycles. The lowest BCUT2D eigenvalue weighted by atomic mass is 9.78. The van der Waals surface area contributed by atoms with E-state index in [0.717, 1.165) is 29.8 Å². The molecule has 0 bridgehead atoms. The summed E-state index contributed by atoms with van der Waals surface area (Å²) in [5, 5.41) is 7.87. The first-order valence-electron chi connectivity index (χ1n) is 24.7. The second-order valence-corrected chi connectivity index (χ2v) is 18.9. The lowest BCUT2D eigenvalue weighted by Crippen LogP contribution is -2.17. The molecule has 0 saturated heterocycles. The van der Waals surface area contributed by atoms with Gasteiger partial charge in [0.25, 0.3) is 0 Å². The molecule has 0 aliphatic heterocycles. The summed E-state index contributed by atoms with van der Waals surface area (Å²) in [7, 11) is 0. The van der Waals surface area contributed by atoms with Crippen LogP contribution in [0.25, 0.3) is 88.1 Å². The monoisotopic (exact) mass is 904 g/mol. The van der Waals surface area contributed by atoms with Gasteiger partial charge < -0.3 is 10.3 Å². The Hall–Kier alpha value is -8.20. The van der Waals surface area contributed by atoms with Crippen LogP contribution in [-0.2, 0) is 11.8 Å². The van der Waals surface area contributed by atoms with Gasteiger partial charge in [0.05, 0.1) is 11.0 Å². The van der Waals surface area contributed by atoms with Gasteiger partial charge in [0.2, 0.25) is 0 Å². The highest BCUT2D eigenvalue weighted by Crippen LogP contribution is 2.57. The van der Waals surface area contributed by atoms with Crippen LogP contribution in [0.1, 0.15) is 61.9 Å². The Bertz CT molecular complexity index is 3680. The molecule has 342 valence electrons. The largest absolute Gasteiger partial charge is 0.398 e. The van der Waals surface area contributed by atoms with Gasteiger partial charge in [0.15, 0.2) is 0 Å². The Morgan fingerprint density at radius 2 is 1.07 bits per heavy atom. The first kappa shape index (κ1) is 45.6. The van der Waals surface area contributed by atoms with Gasteiger partial charge in [-0.15, -0.1) is 0 Å². The highest BCUT2D eigenvalue weighted by atomic mass is 15.0. The molecule has 2 heteroatoms. The van der Waals surface area contributed by atoms with Crippen LogP contribution < -0.4 is 5.73 Å². The van der Waals surface area contributed by atoms with Gasteiger partial charge in [-0.05, 0) is 122 Å². The van der Waals surface area contributed by atoms with Crippen LogP contribution in [0.2, 0.25) is 0 Å². The van der Waals surface area contributed by atoms with Crippen molar-refractivity contribution in [1.29, 1.82) is 0 Å². The van der Waals surface area contributed by atoms with Crippen LogP contribution in [0.15, 0.2) is 237 Å². The second kappa shape index (κ2) is 19.8. The molecule has 0 radical (unpaired) electrons. The van der Waals surface area contributed by atoms with Crippen LogP contribution >= 0.6 is 0 Å². The number of benzene rings is 10. The number of fused-ring (bicyclic) bond motifs is 12. The fraction of sp³-hybridized carbons (Fsp3) is 0.118. The smallest absolute Gasteiger partial charge is 0.0588 e. The maximum absolute atomic E-state index is 6.58. The highest BCUT2D eigenvalue weighted by molar-refractivity contribution is 6.21. The van der Waals surface area contributed by atoms with Crippen LogP contribution in [0, 0.1) is 6.92 Å². The quantitative estimate of drug-likeness (QED) is 0.125. The fourth-order valence-electron chi connectivity index (χ4n) is 10.6. The molecular formula is C68H60N2. The SMILES string of the molecule is C/C=C\CC.CC1(C)c2c(c3ccccc3c3ccccc23)-c2ccc3c4ccccc4n(-c4cccc(-c5ccc(C/C=C(\N)c6ccc(-c7ccccc7)cc6)cc5)c4)c3c21.Cc1ccccc1. The summed E-state index contributed by atoms with van der Waals surface area (Å²) in [5.41, 5.74) is 24.7. The molecule has 10 aromatic carbocycles. The van der Waals surface area contributed by atoms with Crippen molar-refractivity contribution in [2.75, 3.05) is 0 Å². The van der Waals surface area contributed by atoms with Gasteiger partial charge in [-0.25, -0.2) is 0 Å². The van der Waals surface area contributed by atoms with Crippen LogP contribution in [0.4, 0.5) is 0 Å². The number of aryl methyl sites for hydroxylation is 1. The summed E-state index contributed by atoms with van der Waals surface area (Å²) in [6.45, 7) is 11.1. The van der Waals surface area contributed by atoms with E-state index >= 15 is 0 Å².